The summed E-state index contributed by atoms with van der Waals surface area (Å²) in [6, 6.07) is 6.37. The van der Waals surface area contributed by atoms with Gasteiger partial charge in [-0.25, -0.2) is 0 Å². The predicted octanol–water partition coefficient (Wildman–Crippen LogP) is -1.41. The number of thiazole rings is 1. The van der Waals surface area contributed by atoms with Crippen LogP contribution in [0, 0.1) is 5.92 Å². The van der Waals surface area contributed by atoms with Gasteiger partial charge in [0, 0.05) is 29.4 Å². The first kappa shape index (κ1) is 15.7. The first-order chi connectivity index (χ1) is 9.22. The van der Waals surface area contributed by atoms with E-state index in [1.165, 1.54) is 16.0 Å². The zero-order valence-corrected chi connectivity index (χ0v) is 14.3. The Bertz CT molecular complexity index is 598. The topological polar surface area (TPSA) is 53.0 Å². The summed E-state index contributed by atoms with van der Waals surface area (Å²) in [6.45, 7) is 0. The van der Waals surface area contributed by atoms with Crippen molar-refractivity contribution in [2.45, 2.75) is 25.7 Å². The molecule has 1 heterocycles. The van der Waals surface area contributed by atoms with Crippen molar-refractivity contribution in [3.8, 4) is 0 Å². The van der Waals surface area contributed by atoms with Crippen LogP contribution in [-0.2, 0) is 24.1 Å². The van der Waals surface area contributed by atoms with E-state index in [1.54, 1.807) is 11.3 Å². The van der Waals surface area contributed by atoms with Gasteiger partial charge in [-0.05, 0) is 36.0 Å². The van der Waals surface area contributed by atoms with Crippen LogP contribution < -0.4 is 34.7 Å². The smallest absolute Gasteiger partial charge is 0.550 e. The maximum absolute atomic E-state index is 10.9. The number of carbonyl (C=O) groups excluding carboxylic acids is 1. The molecule has 98 valence electrons. The normalized spacial score (nSPS) is 17.1. The van der Waals surface area contributed by atoms with Crippen molar-refractivity contribution < 1.29 is 39.5 Å². The number of aromatic nitrogens is 1. The Kier molecular flexibility index (Phi) is 5.38. The quantitative estimate of drug-likeness (QED) is 0.654. The van der Waals surface area contributed by atoms with Crippen LogP contribution in [0.15, 0.2) is 29.9 Å². The second kappa shape index (κ2) is 6.85. The summed E-state index contributed by atoms with van der Waals surface area (Å²) in [5.74, 6) is -1.24. The van der Waals surface area contributed by atoms with Crippen LogP contribution in [0.3, 0.4) is 0 Å². The molecular weight excluding hydrogens is 281 g/mol. The summed E-state index contributed by atoms with van der Waals surface area (Å²) >= 11 is 1.66. The van der Waals surface area contributed by atoms with E-state index in [2.05, 4.69) is 23.2 Å². The van der Waals surface area contributed by atoms with Gasteiger partial charge in [-0.2, -0.15) is 0 Å². The minimum Gasteiger partial charge on any atom is -0.550 e. The van der Waals surface area contributed by atoms with Crippen molar-refractivity contribution in [3.05, 3.63) is 51.5 Å². The third-order valence-electron chi connectivity index (χ3n) is 3.69. The van der Waals surface area contributed by atoms with E-state index in [4.69, 9.17) is 0 Å². The van der Waals surface area contributed by atoms with Gasteiger partial charge in [-0.3, -0.25) is 4.98 Å². The Morgan fingerprint density at radius 1 is 1.40 bits per heavy atom. The van der Waals surface area contributed by atoms with Gasteiger partial charge in [-0.1, -0.05) is 18.2 Å². The number of nitrogens with zero attached hydrogens (tertiary/aromatic N) is 1. The molecule has 3 rings (SSSR count). The fourth-order valence-corrected chi connectivity index (χ4v) is 3.28. The number of aryl methyl sites for hydroxylation is 1. The number of aliphatic carboxylic acids is 1. The van der Waals surface area contributed by atoms with Gasteiger partial charge in [-0.15, -0.1) is 11.3 Å². The van der Waals surface area contributed by atoms with E-state index in [1.807, 2.05) is 11.7 Å². The van der Waals surface area contributed by atoms with Crippen LogP contribution in [-0.4, -0.2) is 11.0 Å². The average Bonchev–Trinajstić information content (AvgIpc) is 2.91. The predicted molar refractivity (Wildman–Crippen MR) is 71.9 cm³/mol. The summed E-state index contributed by atoms with van der Waals surface area (Å²) in [5.41, 5.74) is 5.57. The first-order valence-corrected chi connectivity index (χ1v) is 7.29. The molecule has 0 saturated carbocycles. The number of rotatable bonds is 3. The van der Waals surface area contributed by atoms with Gasteiger partial charge < -0.3 is 9.90 Å². The van der Waals surface area contributed by atoms with Crippen molar-refractivity contribution >= 4 is 17.3 Å². The van der Waals surface area contributed by atoms with Gasteiger partial charge in [0.25, 0.3) is 0 Å². The van der Waals surface area contributed by atoms with E-state index >= 15 is 0 Å². The van der Waals surface area contributed by atoms with Crippen LogP contribution in [0.5, 0.6) is 0 Å². The molecule has 1 aliphatic carbocycles. The summed E-state index contributed by atoms with van der Waals surface area (Å²) in [6.07, 6.45) is 4.94. The Labute approximate surface area is 144 Å². The number of carboxylic acids is 1. The zero-order chi connectivity index (χ0) is 13.2. The minimum absolute atomic E-state index is 0. The zero-order valence-electron chi connectivity index (χ0n) is 11.5. The van der Waals surface area contributed by atoms with E-state index in [-0.39, 0.29) is 35.5 Å². The number of fused-ring (bicyclic) bond motifs is 1. The van der Waals surface area contributed by atoms with Crippen LogP contribution in [0.4, 0.5) is 0 Å². The summed E-state index contributed by atoms with van der Waals surface area (Å²) in [4.78, 5) is 16.3. The van der Waals surface area contributed by atoms with Crippen LogP contribution in [0.2, 0.25) is 0 Å². The Morgan fingerprint density at radius 2 is 2.25 bits per heavy atom. The van der Waals surface area contributed by atoms with Crippen LogP contribution in [0.1, 0.15) is 28.0 Å². The Hall–Kier alpha value is -0.680. The van der Waals surface area contributed by atoms with Crippen LogP contribution in [0.25, 0.3) is 0 Å². The van der Waals surface area contributed by atoms with Gasteiger partial charge in [0.05, 0.1) is 5.51 Å². The maximum Gasteiger partial charge on any atom is 1.00 e. The molecule has 5 heteroatoms. The number of benzene rings is 1. The molecule has 1 aromatic carbocycles. The fourth-order valence-electron chi connectivity index (χ4n) is 2.65. The number of hydrogen-bond donors (Lipinski definition) is 0. The molecule has 0 saturated heterocycles. The van der Waals surface area contributed by atoms with Gasteiger partial charge in [0.1, 0.15) is 0 Å². The standard InChI is InChI=1S/C15H15NO2S.Na/c17-15(18)13-4-3-11-5-10(1-2-12(11)7-13)6-14-8-16-9-19-14;/h1-2,5,8-9,13H,3-4,6-7H2,(H,17,18);/q;+1/p-1. The molecule has 0 aliphatic heterocycles. The second-order valence-corrected chi connectivity index (χ2v) is 5.98. The molecule has 1 unspecified atom stereocenters. The SMILES string of the molecule is O=C([O-])C1CCc2cc(Cc3cncs3)ccc2C1.[Na+]. The van der Waals surface area contributed by atoms with E-state index < -0.39 is 5.97 Å². The van der Waals surface area contributed by atoms with E-state index in [0.29, 0.717) is 12.8 Å². The molecule has 3 nitrogen and oxygen atoms in total. The molecule has 1 atom stereocenters. The fraction of sp³-hybridized carbons (Fsp3) is 0.333. The molecule has 2 aromatic rings. The maximum atomic E-state index is 10.9. The monoisotopic (exact) mass is 295 g/mol. The molecule has 0 spiro atoms. The number of hydrogen-bond acceptors (Lipinski definition) is 4. The molecule has 1 aromatic heterocycles. The van der Waals surface area contributed by atoms with Crippen molar-refractivity contribution in [2.75, 3.05) is 0 Å². The van der Waals surface area contributed by atoms with Gasteiger partial charge in [0.2, 0.25) is 0 Å². The molecule has 0 N–H and O–H groups in total. The summed E-state index contributed by atoms with van der Waals surface area (Å²) < 4.78 is 0. The van der Waals surface area contributed by atoms with Crippen molar-refractivity contribution in [2.24, 2.45) is 5.92 Å². The Balaban J connectivity index is 0.00000147. The third-order valence-corrected chi connectivity index (χ3v) is 4.47. The third kappa shape index (κ3) is 3.50. The number of carboxylic acid groups (broad SMARTS) is 1. The first-order valence-electron chi connectivity index (χ1n) is 6.41. The molecule has 20 heavy (non-hydrogen) atoms. The molecule has 0 amide bonds. The van der Waals surface area contributed by atoms with Gasteiger partial charge >= 0.3 is 29.6 Å². The van der Waals surface area contributed by atoms with Gasteiger partial charge in [0.15, 0.2) is 0 Å². The Morgan fingerprint density at radius 3 is 2.95 bits per heavy atom. The summed E-state index contributed by atoms with van der Waals surface area (Å²) in [5, 5.41) is 10.9. The molecule has 0 radical (unpaired) electrons. The molecule has 0 bridgehead atoms. The molecule has 0 fully saturated rings. The number of carbonyl (C=O) groups is 1. The summed E-state index contributed by atoms with van der Waals surface area (Å²) in [7, 11) is 0. The van der Waals surface area contributed by atoms with E-state index in [0.717, 1.165) is 18.4 Å². The largest absolute Gasteiger partial charge is 1.00 e. The van der Waals surface area contributed by atoms with Crippen molar-refractivity contribution in [1.29, 1.82) is 0 Å². The average molecular weight is 295 g/mol. The molecule has 1 aliphatic rings. The van der Waals surface area contributed by atoms with Crippen LogP contribution >= 0.6 is 11.3 Å². The minimum atomic E-state index is -0.917. The molecular formula is C15H14NNaO2S. The van der Waals surface area contributed by atoms with Crippen molar-refractivity contribution in [1.82, 2.24) is 4.98 Å². The second-order valence-electron chi connectivity index (χ2n) is 5.01. The van der Waals surface area contributed by atoms with Crippen molar-refractivity contribution in [3.63, 3.8) is 0 Å². The van der Waals surface area contributed by atoms with E-state index in [9.17, 15) is 9.90 Å².